The van der Waals surface area contributed by atoms with E-state index in [-0.39, 0.29) is 0 Å². The Morgan fingerprint density at radius 2 is 1.78 bits per heavy atom. The molecule has 3 rings (SSSR count). The molecule has 0 N–H and O–H groups in total. The third-order valence-corrected chi connectivity index (χ3v) is 5.18. The molecule has 92 valence electrons. The van der Waals surface area contributed by atoms with Crippen LogP contribution in [0.25, 0.3) is 14.6 Å². The van der Waals surface area contributed by atoms with Crippen LogP contribution < -0.4 is 4.90 Å². The minimum atomic E-state index is 0.756. The zero-order valence-corrected chi connectivity index (χ0v) is 11.4. The van der Waals surface area contributed by atoms with Gasteiger partial charge in [-0.25, -0.2) is 4.85 Å². The number of morpholine rings is 1. The Labute approximate surface area is 114 Å². The van der Waals surface area contributed by atoms with Crippen LogP contribution in [-0.2, 0) is 4.74 Å². The van der Waals surface area contributed by atoms with E-state index >= 15 is 0 Å². The number of nitrogens with zero attached hydrogens (tertiary/aromatic N) is 2. The van der Waals surface area contributed by atoms with Gasteiger partial charge in [0.05, 0.1) is 24.8 Å². The summed E-state index contributed by atoms with van der Waals surface area (Å²) in [5.41, 5.74) is 0. The van der Waals surface area contributed by atoms with Gasteiger partial charge in [-0.1, -0.05) is 6.07 Å². The van der Waals surface area contributed by atoms with Crippen molar-refractivity contribution in [2.24, 2.45) is 0 Å². The first kappa shape index (κ1) is 11.7. The second-order valence-corrected chi connectivity index (χ2v) is 6.11. The van der Waals surface area contributed by atoms with E-state index in [1.165, 1.54) is 14.8 Å². The molecule has 0 saturated carbocycles. The Kier molecular flexibility index (Phi) is 3.33. The normalized spacial score (nSPS) is 15.6. The van der Waals surface area contributed by atoms with Gasteiger partial charge in [-0.2, -0.15) is 11.3 Å². The van der Waals surface area contributed by atoms with Crippen molar-refractivity contribution in [3.8, 4) is 9.75 Å². The third kappa shape index (κ3) is 2.27. The summed E-state index contributed by atoms with van der Waals surface area (Å²) < 4.78 is 5.36. The van der Waals surface area contributed by atoms with Crippen LogP contribution in [0.15, 0.2) is 24.3 Å². The fraction of sp³-hybridized carbons (Fsp3) is 0.308. The molecule has 0 unspecified atom stereocenters. The number of hydrogen-bond donors (Lipinski definition) is 0. The van der Waals surface area contributed by atoms with E-state index in [0.29, 0.717) is 0 Å². The molecule has 0 spiro atoms. The molecule has 1 saturated heterocycles. The van der Waals surface area contributed by atoms with Gasteiger partial charge in [0.25, 0.3) is 0 Å². The highest BCUT2D eigenvalue weighted by molar-refractivity contribution is 7.25. The van der Waals surface area contributed by atoms with Gasteiger partial charge in [-0.15, -0.1) is 11.3 Å². The van der Waals surface area contributed by atoms with Crippen LogP contribution in [-0.4, -0.2) is 26.3 Å². The smallest absolute Gasteiger partial charge is 0.241 e. The molecular formula is C13H12N2OS2. The number of hydrogen-bond acceptors (Lipinski definition) is 4. The molecule has 1 aliphatic heterocycles. The molecule has 2 aromatic heterocycles. The first-order chi connectivity index (χ1) is 8.86. The second-order valence-electron chi connectivity index (χ2n) is 3.99. The fourth-order valence-corrected chi connectivity index (χ4v) is 3.87. The van der Waals surface area contributed by atoms with Crippen molar-refractivity contribution in [2.75, 3.05) is 31.2 Å². The summed E-state index contributed by atoms with van der Waals surface area (Å²) in [7, 11) is 0. The zero-order chi connectivity index (χ0) is 12.4. The summed E-state index contributed by atoms with van der Waals surface area (Å²) in [5.74, 6) is 0. The lowest BCUT2D eigenvalue weighted by Gasteiger charge is -2.27. The molecule has 1 aliphatic rings. The molecular weight excluding hydrogens is 264 g/mol. The highest BCUT2D eigenvalue weighted by atomic mass is 32.1. The topological polar surface area (TPSA) is 16.8 Å². The molecule has 0 aromatic carbocycles. The first-order valence-electron chi connectivity index (χ1n) is 5.77. The first-order valence-corrected chi connectivity index (χ1v) is 7.40. The predicted molar refractivity (Wildman–Crippen MR) is 76.9 cm³/mol. The van der Waals surface area contributed by atoms with Gasteiger partial charge in [-0.05, 0) is 18.2 Å². The molecule has 0 atom stereocenters. The lowest BCUT2D eigenvalue weighted by Crippen LogP contribution is -2.35. The monoisotopic (exact) mass is 276 g/mol. The van der Waals surface area contributed by atoms with E-state index in [1.54, 1.807) is 22.7 Å². The molecule has 5 heteroatoms. The van der Waals surface area contributed by atoms with Gasteiger partial charge in [0.1, 0.15) is 0 Å². The van der Waals surface area contributed by atoms with Crippen molar-refractivity contribution in [2.45, 2.75) is 0 Å². The molecule has 0 amide bonds. The highest BCUT2D eigenvalue weighted by Crippen LogP contribution is 2.39. The molecule has 18 heavy (non-hydrogen) atoms. The van der Waals surface area contributed by atoms with Gasteiger partial charge in [0.15, 0.2) is 0 Å². The van der Waals surface area contributed by atoms with E-state index in [4.69, 9.17) is 11.3 Å². The van der Waals surface area contributed by atoms with Crippen LogP contribution in [0.1, 0.15) is 0 Å². The van der Waals surface area contributed by atoms with Crippen LogP contribution in [0.2, 0.25) is 0 Å². The van der Waals surface area contributed by atoms with Crippen LogP contribution in [0.3, 0.4) is 0 Å². The highest BCUT2D eigenvalue weighted by Gasteiger charge is 2.14. The van der Waals surface area contributed by atoms with Crippen molar-refractivity contribution in [1.82, 2.24) is 0 Å². The van der Waals surface area contributed by atoms with Gasteiger partial charge >= 0.3 is 0 Å². The maximum absolute atomic E-state index is 7.00. The second kappa shape index (κ2) is 5.11. The Hall–Kier alpha value is -1.35. The van der Waals surface area contributed by atoms with E-state index in [0.717, 1.165) is 31.3 Å². The van der Waals surface area contributed by atoms with Crippen LogP contribution in [0, 0.1) is 6.57 Å². The van der Waals surface area contributed by atoms with Crippen LogP contribution in [0.5, 0.6) is 0 Å². The maximum Gasteiger partial charge on any atom is 0.241 e. The molecule has 0 bridgehead atoms. The largest absolute Gasteiger partial charge is 0.378 e. The SMILES string of the molecule is [C-]#[N+]c1ccc(-c2ccc(N3CCOCC3)s2)s1. The standard InChI is InChI=1S/C13H12N2OS2/c1-14-12-4-2-10(17-12)11-3-5-13(18-11)15-6-8-16-9-7-15/h2-5H,6-9H2. The molecule has 1 fully saturated rings. The molecule has 3 heterocycles. The summed E-state index contributed by atoms with van der Waals surface area (Å²) in [6.07, 6.45) is 0. The zero-order valence-electron chi connectivity index (χ0n) is 9.76. The van der Waals surface area contributed by atoms with E-state index in [2.05, 4.69) is 21.9 Å². The number of ether oxygens (including phenoxy) is 1. The number of rotatable bonds is 2. The fourth-order valence-electron chi connectivity index (χ4n) is 1.93. The number of thiophene rings is 2. The van der Waals surface area contributed by atoms with Crippen LogP contribution in [0.4, 0.5) is 10.0 Å². The van der Waals surface area contributed by atoms with Crippen molar-refractivity contribution in [3.05, 3.63) is 35.7 Å². The van der Waals surface area contributed by atoms with Gasteiger partial charge in [0, 0.05) is 22.8 Å². The summed E-state index contributed by atoms with van der Waals surface area (Å²) in [6, 6.07) is 8.24. The minimum Gasteiger partial charge on any atom is -0.378 e. The molecule has 0 aliphatic carbocycles. The molecule has 3 nitrogen and oxygen atoms in total. The van der Waals surface area contributed by atoms with Crippen LogP contribution >= 0.6 is 22.7 Å². The Bertz CT molecular complexity index is 576. The minimum absolute atomic E-state index is 0.756. The average Bonchev–Trinajstić information content (AvgIpc) is 3.08. The summed E-state index contributed by atoms with van der Waals surface area (Å²) in [5, 5.41) is 2.05. The van der Waals surface area contributed by atoms with E-state index in [9.17, 15) is 0 Å². The number of anilines is 1. The summed E-state index contributed by atoms with van der Waals surface area (Å²) in [6.45, 7) is 10.6. The molecule has 0 radical (unpaired) electrons. The summed E-state index contributed by atoms with van der Waals surface area (Å²) >= 11 is 3.35. The Morgan fingerprint density at radius 3 is 2.50 bits per heavy atom. The Balaban J connectivity index is 1.82. The average molecular weight is 276 g/mol. The maximum atomic E-state index is 7.00. The lowest BCUT2D eigenvalue weighted by atomic mass is 10.4. The van der Waals surface area contributed by atoms with Gasteiger partial charge < -0.3 is 9.64 Å². The van der Waals surface area contributed by atoms with Crippen molar-refractivity contribution < 1.29 is 4.74 Å². The third-order valence-electron chi connectivity index (χ3n) is 2.86. The molecule has 2 aromatic rings. The Morgan fingerprint density at radius 1 is 1.06 bits per heavy atom. The van der Waals surface area contributed by atoms with Gasteiger partial charge in [-0.3, -0.25) is 0 Å². The van der Waals surface area contributed by atoms with Gasteiger partial charge in [0.2, 0.25) is 5.00 Å². The van der Waals surface area contributed by atoms with E-state index in [1.807, 2.05) is 12.1 Å². The lowest BCUT2D eigenvalue weighted by molar-refractivity contribution is 0.123. The van der Waals surface area contributed by atoms with Crippen molar-refractivity contribution >= 4 is 32.7 Å². The van der Waals surface area contributed by atoms with Crippen molar-refractivity contribution in [3.63, 3.8) is 0 Å². The quantitative estimate of drug-likeness (QED) is 0.775. The predicted octanol–water partition coefficient (Wildman–Crippen LogP) is 3.86. The van der Waals surface area contributed by atoms with E-state index < -0.39 is 0 Å². The summed E-state index contributed by atoms with van der Waals surface area (Å²) in [4.78, 5) is 8.25. The van der Waals surface area contributed by atoms with Crippen molar-refractivity contribution in [1.29, 1.82) is 0 Å².